The van der Waals surface area contributed by atoms with E-state index in [0.29, 0.717) is 0 Å². The predicted octanol–water partition coefficient (Wildman–Crippen LogP) is 1.97. The summed E-state index contributed by atoms with van der Waals surface area (Å²) >= 11 is 0. The highest BCUT2D eigenvalue weighted by Crippen LogP contribution is 1.96. The number of hydrogen-bond donors (Lipinski definition) is 1. The van der Waals surface area contributed by atoms with E-state index in [2.05, 4.69) is 36.5 Å². The van der Waals surface area contributed by atoms with Gasteiger partial charge in [-0.25, -0.2) is 9.55 Å². The molecule has 1 heterocycles. The first kappa shape index (κ1) is 9.30. The van der Waals surface area contributed by atoms with E-state index in [1.807, 2.05) is 0 Å². The SMILES string of the molecule is CCCC[n+]1c(C)c[nH]c1CC. The van der Waals surface area contributed by atoms with E-state index < -0.39 is 0 Å². The van der Waals surface area contributed by atoms with E-state index >= 15 is 0 Å². The summed E-state index contributed by atoms with van der Waals surface area (Å²) in [5.41, 5.74) is 1.35. The maximum atomic E-state index is 3.30. The smallest absolute Gasteiger partial charge is 0.247 e. The Morgan fingerprint density at radius 1 is 1.42 bits per heavy atom. The van der Waals surface area contributed by atoms with Crippen molar-refractivity contribution in [2.45, 2.75) is 46.6 Å². The van der Waals surface area contributed by atoms with Crippen LogP contribution in [0, 0.1) is 6.92 Å². The molecule has 68 valence electrons. The van der Waals surface area contributed by atoms with Crippen molar-refractivity contribution >= 4 is 0 Å². The van der Waals surface area contributed by atoms with Gasteiger partial charge in [-0.2, -0.15) is 0 Å². The Kier molecular flexibility index (Phi) is 3.32. The molecular weight excluding hydrogens is 148 g/mol. The van der Waals surface area contributed by atoms with Gasteiger partial charge in [-0.1, -0.05) is 20.3 Å². The van der Waals surface area contributed by atoms with Crippen LogP contribution in [0.25, 0.3) is 0 Å². The molecule has 1 aromatic rings. The zero-order chi connectivity index (χ0) is 8.97. The van der Waals surface area contributed by atoms with Crippen molar-refractivity contribution in [2.75, 3.05) is 0 Å². The number of aryl methyl sites for hydroxylation is 2. The number of nitrogens with one attached hydrogen (secondary N) is 1. The highest BCUT2D eigenvalue weighted by Gasteiger charge is 2.11. The number of aromatic amines is 1. The molecule has 0 fully saturated rings. The Labute approximate surface area is 74.6 Å². The molecule has 1 N–H and O–H groups in total. The van der Waals surface area contributed by atoms with Crippen molar-refractivity contribution in [2.24, 2.45) is 0 Å². The summed E-state index contributed by atoms with van der Waals surface area (Å²) in [6.45, 7) is 7.74. The van der Waals surface area contributed by atoms with Crippen molar-refractivity contribution < 1.29 is 4.57 Å². The molecule has 0 bridgehead atoms. The molecule has 0 aromatic carbocycles. The van der Waals surface area contributed by atoms with E-state index in [1.165, 1.54) is 24.4 Å². The quantitative estimate of drug-likeness (QED) is 0.662. The Morgan fingerprint density at radius 2 is 2.17 bits per heavy atom. The summed E-state index contributed by atoms with van der Waals surface area (Å²) in [6.07, 6.45) is 5.73. The van der Waals surface area contributed by atoms with Gasteiger partial charge >= 0.3 is 0 Å². The molecule has 1 rings (SSSR count). The lowest BCUT2D eigenvalue weighted by atomic mass is 10.3. The third-order valence-corrected chi connectivity index (χ3v) is 2.27. The fourth-order valence-corrected chi connectivity index (χ4v) is 1.48. The monoisotopic (exact) mass is 167 g/mol. The molecular formula is C10H19N2+. The lowest BCUT2D eigenvalue weighted by Crippen LogP contribution is -2.38. The summed E-state index contributed by atoms with van der Waals surface area (Å²) in [4.78, 5) is 3.30. The van der Waals surface area contributed by atoms with Crippen LogP contribution in [0.3, 0.4) is 0 Å². The highest BCUT2D eigenvalue weighted by molar-refractivity contribution is 4.87. The second-order valence-electron chi connectivity index (χ2n) is 3.24. The van der Waals surface area contributed by atoms with Crippen LogP contribution in [0.1, 0.15) is 38.2 Å². The van der Waals surface area contributed by atoms with E-state index in [1.54, 1.807) is 0 Å². The van der Waals surface area contributed by atoms with Crippen LogP contribution in [0.2, 0.25) is 0 Å². The number of H-pyrrole nitrogens is 1. The molecule has 0 radical (unpaired) electrons. The zero-order valence-electron chi connectivity index (χ0n) is 8.35. The standard InChI is InChI=1S/C10H18N2/c1-4-6-7-12-9(3)8-11-10(12)5-2/h8H,4-7H2,1-3H3/p+1. The average Bonchev–Trinajstić information content (AvgIpc) is 2.43. The second-order valence-corrected chi connectivity index (χ2v) is 3.24. The molecule has 0 aliphatic rings. The van der Waals surface area contributed by atoms with E-state index in [-0.39, 0.29) is 0 Å². The van der Waals surface area contributed by atoms with Crippen LogP contribution in [-0.2, 0) is 13.0 Å². The zero-order valence-corrected chi connectivity index (χ0v) is 8.35. The van der Waals surface area contributed by atoms with Crippen molar-refractivity contribution in [3.05, 3.63) is 17.7 Å². The van der Waals surface area contributed by atoms with Crippen LogP contribution in [0.5, 0.6) is 0 Å². The molecule has 0 saturated carbocycles. The molecule has 0 aliphatic carbocycles. The molecule has 1 aromatic heterocycles. The molecule has 12 heavy (non-hydrogen) atoms. The van der Waals surface area contributed by atoms with Gasteiger partial charge in [-0.15, -0.1) is 0 Å². The number of rotatable bonds is 4. The van der Waals surface area contributed by atoms with Crippen molar-refractivity contribution in [3.63, 3.8) is 0 Å². The fraction of sp³-hybridized carbons (Fsp3) is 0.700. The van der Waals surface area contributed by atoms with Crippen LogP contribution >= 0.6 is 0 Å². The minimum absolute atomic E-state index is 1.09. The second kappa shape index (κ2) is 4.29. The summed E-state index contributed by atoms with van der Waals surface area (Å²) < 4.78 is 2.38. The first-order chi connectivity index (χ1) is 5.79. The van der Waals surface area contributed by atoms with Gasteiger partial charge in [0.2, 0.25) is 0 Å². The van der Waals surface area contributed by atoms with Gasteiger partial charge in [-0.05, 0) is 6.42 Å². The van der Waals surface area contributed by atoms with Gasteiger partial charge in [0, 0.05) is 13.3 Å². The minimum atomic E-state index is 1.09. The Morgan fingerprint density at radius 3 is 2.75 bits per heavy atom. The van der Waals surface area contributed by atoms with Gasteiger partial charge in [0.05, 0.1) is 6.54 Å². The summed E-state index contributed by atoms with van der Waals surface area (Å²) in [6, 6.07) is 0. The number of hydrogen-bond acceptors (Lipinski definition) is 0. The first-order valence-electron chi connectivity index (χ1n) is 4.86. The maximum Gasteiger partial charge on any atom is 0.254 e. The first-order valence-corrected chi connectivity index (χ1v) is 4.86. The average molecular weight is 167 g/mol. The molecule has 0 aliphatic heterocycles. The molecule has 0 atom stereocenters. The lowest BCUT2D eigenvalue weighted by molar-refractivity contribution is -0.708. The van der Waals surface area contributed by atoms with Gasteiger partial charge in [0.1, 0.15) is 11.9 Å². The van der Waals surface area contributed by atoms with Crippen LogP contribution in [0.15, 0.2) is 6.20 Å². The summed E-state index contributed by atoms with van der Waals surface area (Å²) in [5, 5.41) is 0. The van der Waals surface area contributed by atoms with Crippen molar-refractivity contribution in [3.8, 4) is 0 Å². The minimum Gasteiger partial charge on any atom is -0.247 e. The van der Waals surface area contributed by atoms with E-state index in [0.717, 1.165) is 13.0 Å². The van der Waals surface area contributed by atoms with Gasteiger partial charge in [-0.3, -0.25) is 0 Å². The molecule has 2 nitrogen and oxygen atoms in total. The van der Waals surface area contributed by atoms with E-state index in [9.17, 15) is 0 Å². The number of nitrogens with zero attached hydrogens (tertiary/aromatic N) is 1. The normalized spacial score (nSPS) is 10.6. The number of imidazole rings is 1. The third kappa shape index (κ3) is 1.87. The van der Waals surface area contributed by atoms with Crippen LogP contribution in [-0.4, -0.2) is 4.98 Å². The van der Waals surface area contributed by atoms with E-state index in [4.69, 9.17) is 0 Å². The lowest BCUT2D eigenvalue weighted by Gasteiger charge is -1.99. The third-order valence-electron chi connectivity index (χ3n) is 2.27. The number of unbranched alkanes of at least 4 members (excludes halogenated alkanes) is 1. The van der Waals surface area contributed by atoms with Crippen LogP contribution in [0.4, 0.5) is 0 Å². The van der Waals surface area contributed by atoms with Crippen LogP contribution < -0.4 is 4.57 Å². The van der Waals surface area contributed by atoms with Gasteiger partial charge in [0.25, 0.3) is 5.82 Å². The fourth-order valence-electron chi connectivity index (χ4n) is 1.48. The highest BCUT2D eigenvalue weighted by atomic mass is 15.1. The molecule has 0 amide bonds. The Bertz CT molecular complexity index is 238. The molecule has 2 heteroatoms. The molecule has 0 unspecified atom stereocenters. The largest absolute Gasteiger partial charge is 0.254 e. The number of aromatic nitrogens is 2. The summed E-state index contributed by atoms with van der Waals surface area (Å²) in [7, 11) is 0. The Balaban J connectivity index is 2.72. The Hall–Kier alpha value is -0.790. The van der Waals surface area contributed by atoms with Crippen molar-refractivity contribution in [1.29, 1.82) is 0 Å². The maximum absolute atomic E-state index is 3.30. The molecule has 0 saturated heterocycles. The molecule has 0 spiro atoms. The topological polar surface area (TPSA) is 19.7 Å². The predicted molar refractivity (Wildman–Crippen MR) is 50.0 cm³/mol. The van der Waals surface area contributed by atoms with Gasteiger partial charge in [0.15, 0.2) is 0 Å². The summed E-state index contributed by atoms with van der Waals surface area (Å²) in [5.74, 6) is 1.35. The van der Waals surface area contributed by atoms with Gasteiger partial charge < -0.3 is 0 Å². The van der Waals surface area contributed by atoms with Crippen molar-refractivity contribution in [1.82, 2.24) is 4.98 Å².